The molecule has 0 radical (unpaired) electrons. The highest BCUT2D eigenvalue weighted by Crippen LogP contribution is 2.36. The second-order valence-electron chi connectivity index (χ2n) is 6.00. The van der Waals surface area contributed by atoms with Gasteiger partial charge in [-0.25, -0.2) is 0 Å². The smallest absolute Gasteiger partial charge is 0.0603 e. The van der Waals surface area contributed by atoms with E-state index in [9.17, 15) is 5.11 Å². The minimum absolute atomic E-state index is 0.494. The van der Waals surface area contributed by atoms with Gasteiger partial charge in [0, 0.05) is 12.6 Å². The van der Waals surface area contributed by atoms with Gasteiger partial charge in [-0.05, 0) is 58.4 Å². The summed E-state index contributed by atoms with van der Waals surface area (Å²) in [6.45, 7) is 6.19. The maximum Gasteiger partial charge on any atom is 0.0603 e. The lowest BCUT2D eigenvalue weighted by molar-refractivity contribution is 0.0373. The first-order chi connectivity index (χ1) is 7.06. The van der Waals surface area contributed by atoms with Crippen LogP contribution in [-0.4, -0.2) is 34.7 Å². The monoisotopic (exact) mass is 211 g/mol. The first kappa shape index (κ1) is 11.4. The minimum Gasteiger partial charge on any atom is -0.390 e. The molecular formula is C13H25NO. The zero-order valence-electron chi connectivity index (χ0n) is 10.2. The van der Waals surface area contributed by atoms with E-state index >= 15 is 0 Å². The maximum absolute atomic E-state index is 9.76. The van der Waals surface area contributed by atoms with Crippen LogP contribution in [0.5, 0.6) is 0 Å². The van der Waals surface area contributed by atoms with Gasteiger partial charge in [0.15, 0.2) is 0 Å². The van der Waals surface area contributed by atoms with E-state index in [1.807, 2.05) is 13.8 Å². The predicted octanol–water partition coefficient (Wildman–Crippen LogP) is 2.41. The molecule has 0 aromatic carbocycles. The topological polar surface area (TPSA) is 23.5 Å². The Morgan fingerprint density at radius 1 is 1.20 bits per heavy atom. The SMILES string of the molecule is CC(C)(O)CCN1CCCC2CCCC21. The molecule has 88 valence electrons. The van der Waals surface area contributed by atoms with Gasteiger partial charge in [0.05, 0.1) is 5.60 Å². The highest BCUT2D eigenvalue weighted by molar-refractivity contribution is 4.89. The molecule has 0 spiro atoms. The Balaban J connectivity index is 1.85. The van der Waals surface area contributed by atoms with Gasteiger partial charge in [-0.1, -0.05) is 6.42 Å². The predicted molar refractivity (Wildman–Crippen MR) is 62.9 cm³/mol. The molecular weight excluding hydrogens is 186 g/mol. The van der Waals surface area contributed by atoms with Crippen LogP contribution < -0.4 is 0 Å². The normalized spacial score (nSPS) is 33.0. The second-order valence-corrected chi connectivity index (χ2v) is 6.00. The molecule has 0 aromatic heterocycles. The molecule has 2 fully saturated rings. The molecule has 1 saturated carbocycles. The van der Waals surface area contributed by atoms with Crippen LogP contribution in [0.4, 0.5) is 0 Å². The van der Waals surface area contributed by atoms with Gasteiger partial charge >= 0.3 is 0 Å². The Bertz CT molecular complexity index is 209. The fourth-order valence-electron chi connectivity index (χ4n) is 3.25. The van der Waals surface area contributed by atoms with Gasteiger partial charge in [-0.2, -0.15) is 0 Å². The Hall–Kier alpha value is -0.0800. The molecule has 15 heavy (non-hydrogen) atoms. The third kappa shape index (κ3) is 2.94. The van der Waals surface area contributed by atoms with Gasteiger partial charge in [-0.15, -0.1) is 0 Å². The van der Waals surface area contributed by atoms with E-state index < -0.39 is 5.60 Å². The Morgan fingerprint density at radius 3 is 2.67 bits per heavy atom. The van der Waals surface area contributed by atoms with Gasteiger partial charge in [0.2, 0.25) is 0 Å². The number of hydrogen-bond donors (Lipinski definition) is 1. The summed E-state index contributed by atoms with van der Waals surface area (Å²) in [5, 5.41) is 9.76. The first-order valence-electron chi connectivity index (χ1n) is 6.53. The molecule has 1 heterocycles. The Morgan fingerprint density at radius 2 is 1.93 bits per heavy atom. The van der Waals surface area contributed by atoms with E-state index in [1.165, 1.54) is 38.6 Å². The quantitative estimate of drug-likeness (QED) is 0.775. The lowest BCUT2D eigenvalue weighted by Gasteiger charge is -2.38. The van der Waals surface area contributed by atoms with Crippen LogP contribution in [0.15, 0.2) is 0 Å². The molecule has 2 unspecified atom stereocenters. The standard InChI is InChI=1S/C13H25NO/c1-13(2,15)8-10-14-9-4-6-11-5-3-7-12(11)14/h11-12,15H,3-10H2,1-2H3. The fraction of sp³-hybridized carbons (Fsp3) is 1.00. The van der Waals surface area contributed by atoms with Gasteiger partial charge in [-0.3, -0.25) is 0 Å². The highest BCUT2D eigenvalue weighted by Gasteiger charge is 2.34. The number of rotatable bonds is 3. The summed E-state index contributed by atoms with van der Waals surface area (Å²) in [5.74, 6) is 0.973. The molecule has 2 heteroatoms. The number of fused-ring (bicyclic) bond motifs is 1. The molecule has 1 N–H and O–H groups in total. The minimum atomic E-state index is -0.494. The molecule has 0 bridgehead atoms. The Kier molecular flexibility index (Phi) is 3.36. The van der Waals surface area contributed by atoms with Crippen molar-refractivity contribution in [2.75, 3.05) is 13.1 Å². The summed E-state index contributed by atoms with van der Waals surface area (Å²) in [6.07, 6.45) is 8.00. The zero-order chi connectivity index (χ0) is 10.9. The molecule has 2 rings (SSSR count). The molecule has 2 nitrogen and oxygen atoms in total. The largest absolute Gasteiger partial charge is 0.390 e. The van der Waals surface area contributed by atoms with E-state index in [0.717, 1.165) is 24.9 Å². The van der Waals surface area contributed by atoms with Gasteiger partial charge in [0.1, 0.15) is 0 Å². The highest BCUT2D eigenvalue weighted by atomic mass is 16.3. The summed E-state index contributed by atoms with van der Waals surface area (Å²) in [4.78, 5) is 2.64. The van der Waals surface area contributed by atoms with Crippen LogP contribution in [0.2, 0.25) is 0 Å². The first-order valence-corrected chi connectivity index (χ1v) is 6.53. The van der Waals surface area contributed by atoms with Crippen molar-refractivity contribution in [2.45, 2.75) is 64.0 Å². The third-order valence-corrected chi connectivity index (χ3v) is 4.12. The van der Waals surface area contributed by atoms with Gasteiger partial charge < -0.3 is 10.0 Å². The molecule has 0 aromatic rings. The zero-order valence-corrected chi connectivity index (χ0v) is 10.2. The van der Waals surface area contributed by atoms with Crippen molar-refractivity contribution in [3.05, 3.63) is 0 Å². The Labute approximate surface area is 93.7 Å². The van der Waals surface area contributed by atoms with E-state index in [-0.39, 0.29) is 0 Å². The molecule has 1 aliphatic heterocycles. The van der Waals surface area contributed by atoms with E-state index in [2.05, 4.69) is 4.90 Å². The van der Waals surface area contributed by atoms with Crippen LogP contribution in [-0.2, 0) is 0 Å². The van der Waals surface area contributed by atoms with E-state index in [0.29, 0.717) is 0 Å². The van der Waals surface area contributed by atoms with Crippen LogP contribution in [0.3, 0.4) is 0 Å². The van der Waals surface area contributed by atoms with Crippen molar-refractivity contribution < 1.29 is 5.11 Å². The van der Waals surface area contributed by atoms with Crippen LogP contribution in [0, 0.1) is 5.92 Å². The van der Waals surface area contributed by atoms with E-state index in [1.54, 1.807) is 0 Å². The molecule has 2 atom stereocenters. The molecule has 1 saturated heterocycles. The summed E-state index contributed by atoms with van der Waals surface area (Å²) in [5.41, 5.74) is -0.494. The lowest BCUT2D eigenvalue weighted by atomic mass is 9.91. The number of piperidine rings is 1. The van der Waals surface area contributed by atoms with Crippen molar-refractivity contribution in [3.8, 4) is 0 Å². The van der Waals surface area contributed by atoms with Crippen LogP contribution >= 0.6 is 0 Å². The van der Waals surface area contributed by atoms with Crippen molar-refractivity contribution >= 4 is 0 Å². The molecule has 0 amide bonds. The van der Waals surface area contributed by atoms with Crippen LogP contribution in [0.1, 0.15) is 52.4 Å². The third-order valence-electron chi connectivity index (χ3n) is 4.12. The number of aliphatic hydroxyl groups is 1. The average molecular weight is 211 g/mol. The fourth-order valence-corrected chi connectivity index (χ4v) is 3.25. The number of likely N-dealkylation sites (tertiary alicyclic amines) is 1. The maximum atomic E-state index is 9.76. The van der Waals surface area contributed by atoms with Crippen molar-refractivity contribution in [1.29, 1.82) is 0 Å². The summed E-state index contributed by atoms with van der Waals surface area (Å²) in [6, 6.07) is 0.848. The van der Waals surface area contributed by atoms with Crippen LogP contribution in [0.25, 0.3) is 0 Å². The summed E-state index contributed by atoms with van der Waals surface area (Å²) in [7, 11) is 0. The van der Waals surface area contributed by atoms with Crippen molar-refractivity contribution in [3.63, 3.8) is 0 Å². The molecule has 1 aliphatic carbocycles. The molecule has 2 aliphatic rings. The number of hydrogen-bond acceptors (Lipinski definition) is 2. The van der Waals surface area contributed by atoms with Gasteiger partial charge in [0.25, 0.3) is 0 Å². The average Bonchev–Trinajstić information content (AvgIpc) is 2.61. The van der Waals surface area contributed by atoms with Crippen molar-refractivity contribution in [2.24, 2.45) is 5.92 Å². The summed E-state index contributed by atoms with van der Waals surface area (Å²) >= 11 is 0. The number of nitrogens with zero attached hydrogens (tertiary/aromatic N) is 1. The van der Waals surface area contributed by atoms with Crippen molar-refractivity contribution in [1.82, 2.24) is 4.90 Å². The second kappa shape index (κ2) is 4.42. The summed E-state index contributed by atoms with van der Waals surface area (Å²) < 4.78 is 0. The van der Waals surface area contributed by atoms with E-state index in [4.69, 9.17) is 0 Å². The lowest BCUT2D eigenvalue weighted by Crippen LogP contribution is -2.44.